The minimum absolute atomic E-state index is 0.00199. The first-order chi connectivity index (χ1) is 6.72. The molecule has 5 heteroatoms. The summed E-state index contributed by atoms with van der Waals surface area (Å²) >= 11 is 0. The van der Waals surface area contributed by atoms with Gasteiger partial charge in [-0.1, -0.05) is 0 Å². The average molecular weight is 198 g/mol. The van der Waals surface area contributed by atoms with E-state index >= 15 is 0 Å². The van der Waals surface area contributed by atoms with Crippen molar-refractivity contribution in [1.82, 2.24) is 10.2 Å². The van der Waals surface area contributed by atoms with Gasteiger partial charge in [-0.3, -0.25) is 9.59 Å². The highest BCUT2D eigenvalue weighted by Crippen LogP contribution is 2.27. The molecule has 2 aliphatic rings. The molecular weight excluding hydrogens is 184 g/mol. The van der Waals surface area contributed by atoms with Gasteiger partial charge in [-0.25, -0.2) is 0 Å². The van der Waals surface area contributed by atoms with Crippen molar-refractivity contribution in [2.24, 2.45) is 0 Å². The highest BCUT2D eigenvalue weighted by molar-refractivity contribution is 5.82. The number of nitrogens with zero attached hydrogens (tertiary/aromatic N) is 1. The van der Waals surface area contributed by atoms with Gasteiger partial charge in [0.15, 0.2) is 0 Å². The van der Waals surface area contributed by atoms with E-state index in [0.29, 0.717) is 13.0 Å². The fraction of sp³-hybridized carbons (Fsp3) is 0.778. The summed E-state index contributed by atoms with van der Waals surface area (Å²) in [5.41, 5.74) is 0. The zero-order valence-electron chi connectivity index (χ0n) is 7.90. The molecule has 0 saturated carbocycles. The number of aliphatic hydroxyl groups is 1. The van der Waals surface area contributed by atoms with Crippen LogP contribution in [0.3, 0.4) is 0 Å². The summed E-state index contributed by atoms with van der Waals surface area (Å²) in [5.74, 6) is -0.248. The monoisotopic (exact) mass is 198 g/mol. The van der Waals surface area contributed by atoms with Gasteiger partial charge in [-0.15, -0.1) is 0 Å². The van der Waals surface area contributed by atoms with Crippen LogP contribution in [0.1, 0.15) is 19.3 Å². The van der Waals surface area contributed by atoms with Crippen molar-refractivity contribution in [2.45, 2.75) is 31.3 Å². The van der Waals surface area contributed by atoms with Crippen molar-refractivity contribution in [2.75, 3.05) is 13.2 Å². The number of hydrogen-bond donors (Lipinski definition) is 2. The predicted molar refractivity (Wildman–Crippen MR) is 48.4 cm³/mol. The van der Waals surface area contributed by atoms with Gasteiger partial charge in [-0.05, 0) is 12.8 Å². The maximum absolute atomic E-state index is 11.4. The van der Waals surface area contributed by atoms with Crippen molar-refractivity contribution in [3.63, 3.8) is 0 Å². The fourth-order valence-electron chi connectivity index (χ4n) is 2.37. The molecule has 14 heavy (non-hydrogen) atoms. The van der Waals surface area contributed by atoms with Gasteiger partial charge in [0.25, 0.3) is 0 Å². The molecule has 2 N–H and O–H groups in total. The Morgan fingerprint density at radius 3 is 2.93 bits per heavy atom. The molecular formula is C9H14N2O3. The van der Waals surface area contributed by atoms with Gasteiger partial charge in [0.05, 0.1) is 0 Å². The molecule has 2 bridgehead atoms. The number of nitrogens with one attached hydrogen (secondary N) is 1. The molecule has 0 radical (unpaired) electrons. The first-order valence-electron chi connectivity index (χ1n) is 4.91. The van der Waals surface area contributed by atoms with Crippen LogP contribution in [0.2, 0.25) is 0 Å². The fourth-order valence-corrected chi connectivity index (χ4v) is 2.37. The zero-order valence-corrected chi connectivity index (χ0v) is 7.90. The molecule has 78 valence electrons. The quantitative estimate of drug-likeness (QED) is 0.559. The van der Waals surface area contributed by atoms with E-state index in [9.17, 15) is 9.59 Å². The number of carbonyl (C=O) groups excluding carboxylic acids is 2. The van der Waals surface area contributed by atoms with Crippen LogP contribution < -0.4 is 5.32 Å². The second-order valence-corrected chi connectivity index (χ2v) is 3.85. The largest absolute Gasteiger partial charge is 0.387 e. The number of fused-ring (bicyclic) bond motifs is 2. The number of hydrogen-bond acceptors (Lipinski definition) is 3. The van der Waals surface area contributed by atoms with E-state index in [0.717, 1.165) is 12.8 Å². The van der Waals surface area contributed by atoms with E-state index in [-0.39, 0.29) is 23.9 Å². The minimum atomic E-state index is -0.457. The van der Waals surface area contributed by atoms with Crippen molar-refractivity contribution in [3.8, 4) is 0 Å². The third-order valence-corrected chi connectivity index (χ3v) is 3.00. The minimum Gasteiger partial charge on any atom is -0.387 e. The molecule has 2 fully saturated rings. The third-order valence-electron chi connectivity index (χ3n) is 3.00. The first-order valence-corrected chi connectivity index (χ1v) is 4.91. The highest BCUT2D eigenvalue weighted by atomic mass is 16.3. The SMILES string of the molecule is O=C1CC2CCC(CN1)N2C(=O)CO. The van der Waals surface area contributed by atoms with Crippen LogP contribution in [-0.4, -0.2) is 47.1 Å². The van der Waals surface area contributed by atoms with Crippen molar-refractivity contribution >= 4 is 11.8 Å². The maximum Gasteiger partial charge on any atom is 0.248 e. The van der Waals surface area contributed by atoms with Crippen molar-refractivity contribution < 1.29 is 14.7 Å². The summed E-state index contributed by atoms with van der Waals surface area (Å²) in [5, 5.41) is 11.6. The summed E-state index contributed by atoms with van der Waals surface area (Å²) in [7, 11) is 0. The van der Waals surface area contributed by atoms with Crippen molar-refractivity contribution in [3.05, 3.63) is 0 Å². The van der Waals surface area contributed by atoms with Crippen LogP contribution in [0, 0.1) is 0 Å². The number of rotatable bonds is 1. The third kappa shape index (κ3) is 1.48. The van der Waals surface area contributed by atoms with Crippen molar-refractivity contribution in [1.29, 1.82) is 0 Å². The van der Waals surface area contributed by atoms with E-state index < -0.39 is 6.61 Å². The second-order valence-electron chi connectivity index (χ2n) is 3.85. The maximum atomic E-state index is 11.4. The lowest BCUT2D eigenvalue weighted by molar-refractivity contribution is -0.136. The van der Waals surface area contributed by atoms with E-state index in [1.807, 2.05) is 0 Å². The topological polar surface area (TPSA) is 69.6 Å². The summed E-state index contributed by atoms with van der Waals surface area (Å²) < 4.78 is 0. The van der Waals surface area contributed by atoms with Crippen LogP contribution in [-0.2, 0) is 9.59 Å². The lowest BCUT2D eigenvalue weighted by Crippen LogP contribution is -2.43. The number of aliphatic hydroxyl groups excluding tert-OH is 1. The Bertz CT molecular complexity index is 267. The number of carbonyl (C=O) groups is 2. The molecule has 0 aromatic rings. The van der Waals surface area contributed by atoms with E-state index in [4.69, 9.17) is 5.11 Å². The molecule has 2 amide bonds. The van der Waals surface area contributed by atoms with E-state index in [1.165, 1.54) is 0 Å². The molecule has 2 atom stereocenters. The normalized spacial score (nSPS) is 31.2. The molecule has 0 aliphatic carbocycles. The van der Waals surface area contributed by atoms with E-state index in [2.05, 4.69) is 5.32 Å². The van der Waals surface area contributed by atoms with Gasteiger partial charge in [-0.2, -0.15) is 0 Å². The molecule has 2 aliphatic heterocycles. The average Bonchev–Trinajstić information content (AvgIpc) is 2.47. The standard InChI is InChI=1S/C9H14N2O3/c12-5-9(14)11-6-1-2-7(11)4-10-8(13)3-6/h6-7,12H,1-5H2,(H,10,13). The predicted octanol–water partition coefficient (Wildman–Crippen LogP) is -1.14. The molecule has 2 unspecified atom stereocenters. The van der Waals surface area contributed by atoms with Crippen LogP contribution in [0.25, 0.3) is 0 Å². The van der Waals surface area contributed by atoms with Crippen LogP contribution in [0.15, 0.2) is 0 Å². The summed E-state index contributed by atoms with van der Waals surface area (Å²) in [6.07, 6.45) is 2.18. The Balaban J connectivity index is 2.16. The Morgan fingerprint density at radius 1 is 1.50 bits per heavy atom. The van der Waals surface area contributed by atoms with Gasteiger partial charge >= 0.3 is 0 Å². The molecule has 0 aromatic carbocycles. The Morgan fingerprint density at radius 2 is 2.21 bits per heavy atom. The Kier molecular flexibility index (Phi) is 2.41. The lowest BCUT2D eigenvalue weighted by Gasteiger charge is -2.26. The van der Waals surface area contributed by atoms with E-state index in [1.54, 1.807) is 4.90 Å². The summed E-state index contributed by atoms with van der Waals surface area (Å²) in [6, 6.07) is 0.0910. The van der Waals surface area contributed by atoms with Gasteiger partial charge in [0.1, 0.15) is 6.61 Å². The van der Waals surface area contributed by atoms with Crippen LogP contribution >= 0.6 is 0 Å². The highest BCUT2D eigenvalue weighted by Gasteiger charge is 2.39. The Labute approximate surface area is 82.1 Å². The van der Waals surface area contributed by atoms with Crippen LogP contribution in [0.5, 0.6) is 0 Å². The second kappa shape index (κ2) is 3.57. The van der Waals surface area contributed by atoms with Gasteiger partial charge in [0, 0.05) is 25.0 Å². The molecule has 0 aromatic heterocycles. The molecule has 2 saturated heterocycles. The summed E-state index contributed by atoms with van der Waals surface area (Å²) in [4.78, 5) is 24.3. The Hall–Kier alpha value is -1.10. The molecule has 2 rings (SSSR count). The van der Waals surface area contributed by atoms with Crippen LogP contribution in [0.4, 0.5) is 0 Å². The zero-order chi connectivity index (χ0) is 10.1. The number of amides is 2. The first kappa shape index (κ1) is 9.45. The summed E-state index contributed by atoms with van der Waals surface area (Å²) in [6.45, 7) is 0.0717. The molecule has 5 nitrogen and oxygen atoms in total. The molecule has 2 heterocycles. The molecule has 0 spiro atoms. The smallest absolute Gasteiger partial charge is 0.248 e. The van der Waals surface area contributed by atoms with Gasteiger partial charge in [0.2, 0.25) is 11.8 Å². The lowest BCUT2D eigenvalue weighted by atomic mass is 10.1. The van der Waals surface area contributed by atoms with Gasteiger partial charge < -0.3 is 15.3 Å².